The molecule has 2 fully saturated rings. The number of carbonyl (C=O) groups excluding carboxylic acids is 1. The number of pyridine rings is 1. The molecule has 3 rings (SSSR count). The lowest BCUT2D eigenvalue weighted by Crippen LogP contribution is -2.57. The van der Waals surface area contributed by atoms with Gasteiger partial charge in [0.2, 0.25) is 0 Å². The van der Waals surface area contributed by atoms with Gasteiger partial charge in [-0.05, 0) is 43.9 Å². The van der Waals surface area contributed by atoms with E-state index in [1.54, 1.807) is 12.4 Å². The summed E-state index contributed by atoms with van der Waals surface area (Å²) in [5, 5.41) is 12.1. The Kier molecular flexibility index (Phi) is 5.53. The lowest BCUT2D eigenvalue weighted by molar-refractivity contribution is -0.139. The zero-order valence-corrected chi connectivity index (χ0v) is 14.6. The van der Waals surface area contributed by atoms with Gasteiger partial charge in [0.05, 0.1) is 6.54 Å². The molecule has 25 heavy (non-hydrogen) atoms. The number of carboxylic acid groups (broad SMARTS) is 1. The molecule has 2 saturated carbocycles. The number of carboxylic acids is 1. The highest BCUT2D eigenvalue weighted by Gasteiger charge is 2.38. The molecule has 2 aliphatic carbocycles. The molecule has 2 amide bonds. The van der Waals surface area contributed by atoms with Crippen molar-refractivity contribution in [2.24, 2.45) is 0 Å². The first-order valence-electron chi connectivity index (χ1n) is 8.98. The quantitative estimate of drug-likeness (QED) is 0.748. The SMILES string of the molecule is CCN(CC(=O)O)C1CC(NC(=O)N(Cc2cccnc2)C2CC2)C1. The van der Waals surface area contributed by atoms with Gasteiger partial charge in [-0.15, -0.1) is 0 Å². The van der Waals surface area contributed by atoms with E-state index in [-0.39, 0.29) is 24.7 Å². The van der Waals surface area contributed by atoms with Crippen molar-refractivity contribution in [2.45, 2.75) is 57.3 Å². The van der Waals surface area contributed by atoms with Crippen molar-refractivity contribution in [3.8, 4) is 0 Å². The molecular weight excluding hydrogens is 320 g/mol. The maximum absolute atomic E-state index is 12.6. The van der Waals surface area contributed by atoms with Gasteiger partial charge in [-0.2, -0.15) is 0 Å². The number of hydrogen-bond acceptors (Lipinski definition) is 4. The van der Waals surface area contributed by atoms with E-state index in [4.69, 9.17) is 5.11 Å². The van der Waals surface area contributed by atoms with Crippen LogP contribution in [0.2, 0.25) is 0 Å². The van der Waals surface area contributed by atoms with Crippen molar-refractivity contribution in [1.29, 1.82) is 0 Å². The van der Waals surface area contributed by atoms with Crippen LogP contribution in [0, 0.1) is 0 Å². The van der Waals surface area contributed by atoms with Crippen LogP contribution in [-0.4, -0.2) is 63.1 Å². The molecule has 0 aliphatic heterocycles. The van der Waals surface area contributed by atoms with Crippen LogP contribution in [-0.2, 0) is 11.3 Å². The predicted octanol–water partition coefficient (Wildman–Crippen LogP) is 1.69. The van der Waals surface area contributed by atoms with E-state index in [0.29, 0.717) is 19.1 Å². The highest BCUT2D eigenvalue weighted by atomic mass is 16.4. The van der Waals surface area contributed by atoms with Crippen molar-refractivity contribution in [2.75, 3.05) is 13.1 Å². The number of likely N-dealkylation sites (N-methyl/N-ethyl adjacent to an activating group) is 1. The Morgan fingerprint density at radius 2 is 2.08 bits per heavy atom. The number of nitrogens with zero attached hydrogens (tertiary/aromatic N) is 3. The second-order valence-electron chi connectivity index (χ2n) is 6.95. The summed E-state index contributed by atoms with van der Waals surface area (Å²) in [7, 11) is 0. The van der Waals surface area contributed by atoms with E-state index in [9.17, 15) is 9.59 Å². The van der Waals surface area contributed by atoms with E-state index in [0.717, 1.165) is 31.2 Å². The molecule has 1 aromatic rings. The highest BCUT2D eigenvalue weighted by Crippen LogP contribution is 2.30. The number of nitrogens with one attached hydrogen (secondary N) is 1. The van der Waals surface area contributed by atoms with E-state index in [1.807, 2.05) is 28.9 Å². The molecule has 136 valence electrons. The first-order chi connectivity index (χ1) is 12.1. The topological polar surface area (TPSA) is 85.8 Å². The third kappa shape index (κ3) is 4.69. The number of aromatic nitrogens is 1. The van der Waals surface area contributed by atoms with Crippen LogP contribution in [0.5, 0.6) is 0 Å². The van der Waals surface area contributed by atoms with Crippen molar-refractivity contribution < 1.29 is 14.7 Å². The van der Waals surface area contributed by atoms with Crippen LogP contribution in [0.1, 0.15) is 38.2 Å². The molecule has 0 radical (unpaired) electrons. The number of amides is 2. The molecule has 1 aromatic heterocycles. The van der Waals surface area contributed by atoms with Crippen LogP contribution in [0.15, 0.2) is 24.5 Å². The molecule has 2 N–H and O–H groups in total. The van der Waals surface area contributed by atoms with E-state index < -0.39 is 5.97 Å². The normalized spacial score (nSPS) is 22.3. The minimum absolute atomic E-state index is 0.0175. The van der Waals surface area contributed by atoms with Gasteiger partial charge < -0.3 is 15.3 Å². The third-order valence-electron chi connectivity index (χ3n) is 5.03. The van der Waals surface area contributed by atoms with E-state index in [1.165, 1.54) is 0 Å². The fourth-order valence-electron chi connectivity index (χ4n) is 3.38. The molecule has 0 spiro atoms. The second kappa shape index (κ2) is 7.82. The monoisotopic (exact) mass is 346 g/mol. The summed E-state index contributed by atoms with van der Waals surface area (Å²) in [5.74, 6) is -0.800. The fraction of sp³-hybridized carbons (Fsp3) is 0.611. The number of rotatable bonds is 8. The van der Waals surface area contributed by atoms with Gasteiger partial charge in [0.1, 0.15) is 0 Å². The van der Waals surface area contributed by atoms with Crippen molar-refractivity contribution in [3.05, 3.63) is 30.1 Å². The van der Waals surface area contributed by atoms with Crippen LogP contribution < -0.4 is 5.32 Å². The lowest BCUT2D eigenvalue weighted by atomic mass is 9.85. The van der Waals surface area contributed by atoms with Gasteiger partial charge >= 0.3 is 12.0 Å². The van der Waals surface area contributed by atoms with E-state index in [2.05, 4.69) is 10.3 Å². The molecule has 0 unspecified atom stereocenters. The smallest absolute Gasteiger partial charge is 0.318 e. The minimum atomic E-state index is -0.800. The maximum Gasteiger partial charge on any atom is 0.318 e. The van der Waals surface area contributed by atoms with Crippen LogP contribution in [0.4, 0.5) is 4.79 Å². The van der Waals surface area contributed by atoms with Crippen LogP contribution in [0.25, 0.3) is 0 Å². The predicted molar refractivity (Wildman–Crippen MR) is 93.0 cm³/mol. The first-order valence-corrected chi connectivity index (χ1v) is 8.98. The fourth-order valence-corrected chi connectivity index (χ4v) is 3.38. The minimum Gasteiger partial charge on any atom is -0.480 e. The Morgan fingerprint density at radius 1 is 1.32 bits per heavy atom. The molecular formula is C18H26N4O3. The number of urea groups is 1. The second-order valence-corrected chi connectivity index (χ2v) is 6.95. The van der Waals surface area contributed by atoms with Gasteiger partial charge in [-0.1, -0.05) is 13.0 Å². The molecule has 2 aliphatic rings. The molecule has 1 heterocycles. The molecule has 0 saturated heterocycles. The molecule has 0 aromatic carbocycles. The van der Waals surface area contributed by atoms with Gasteiger partial charge in [0, 0.05) is 37.1 Å². The Labute approximate surface area is 148 Å². The third-order valence-corrected chi connectivity index (χ3v) is 5.03. The standard InChI is InChI=1S/C18H26N4O3/c1-2-21(12-17(23)24)16-8-14(9-16)20-18(25)22(15-5-6-15)11-13-4-3-7-19-10-13/h3-4,7,10,14-16H,2,5-6,8-9,11-12H2,1H3,(H,20,25)(H,23,24). The first kappa shape index (κ1) is 17.7. The zero-order chi connectivity index (χ0) is 17.8. The zero-order valence-electron chi connectivity index (χ0n) is 14.6. The summed E-state index contributed by atoms with van der Waals surface area (Å²) in [5.41, 5.74) is 1.04. The summed E-state index contributed by atoms with van der Waals surface area (Å²) in [6.45, 7) is 3.34. The Bertz CT molecular complexity index is 600. The van der Waals surface area contributed by atoms with E-state index >= 15 is 0 Å². The van der Waals surface area contributed by atoms with Gasteiger partial charge in [0.25, 0.3) is 0 Å². The summed E-state index contributed by atoms with van der Waals surface area (Å²) >= 11 is 0. The average Bonchev–Trinajstić information content (AvgIpc) is 3.39. The molecule has 0 atom stereocenters. The summed E-state index contributed by atoms with van der Waals surface area (Å²) in [6, 6.07) is 4.57. The van der Waals surface area contributed by atoms with Crippen molar-refractivity contribution in [3.63, 3.8) is 0 Å². The van der Waals surface area contributed by atoms with Gasteiger partial charge in [0.15, 0.2) is 0 Å². The maximum atomic E-state index is 12.6. The molecule has 0 bridgehead atoms. The van der Waals surface area contributed by atoms with Gasteiger partial charge in [-0.25, -0.2) is 4.79 Å². The number of aliphatic carboxylic acids is 1. The Balaban J connectivity index is 1.49. The number of hydrogen-bond donors (Lipinski definition) is 2. The van der Waals surface area contributed by atoms with Crippen LogP contribution in [0.3, 0.4) is 0 Å². The highest BCUT2D eigenvalue weighted by molar-refractivity contribution is 5.75. The Morgan fingerprint density at radius 3 is 2.64 bits per heavy atom. The molecule has 7 heteroatoms. The summed E-state index contributed by atoms with van der Waals surface area (Å²) < 4.78 is 0. The lowest BCUT2D eigenvalue weighted by Gasteiger charge is -2.42. The summed E-state index contributed by atoms with van der Waals surface area (Å²) in [6.07, 6.45) is 7.28. The van der Waals surface area contributed by atoms with Crippen LogP contribution >= 0.6 is 0 Å². The van der Waals surface area contributed by atoms with Gasteiger partial charge in [-0.3, -0.25) is 14.7 Å². The van der Waals surface area contributed by atoms with Crippen molar-refractivity contribution in [1.82, 2.24) is 20.1 Å². The molecule has 7 nitrogen and oxygen atoms in total. The average molecular weight is 346 g/mol. The largest absolute Gasteiger partial charge is 0.480 e. The number of carbonyl (C=O) groups is 2. The van der Waals surface area contributed by atoms with Crippen molar-refractivity contribution >= 4 is 12.0 Å². The summed E-state index contributed by atoms with van der Waals surface area (Å²) in [4.78, 5) is 31.5. The Hall–Kier alpha value is -2.15.